The van der Waals surface area contributed by atoms with E-state index in [9.17, 15) is 0 Å². The summed E-state index contributed by atoms with van der Waals surface area (Å²) in [6, 6.07) is 8.09. The van der Waals surface area contributed by atoms with Crippen LogP contribution in [0.2, 0.25) is 0 Å². The number of ether oxygens (including phenoxy) is 1. The van der Waals surface area contributed by atoms with E-state index in [1.165, 1.54) is 10.6 Å². The van der Waals surface area contributed by atoms with Gasteiger partial charge in [-0.25, -0.2) is 4.98 Å². The van der Waals surface area contributed by atoms with Crippen molar-refractivity contribution < 1.29 is 4.74 Å². The molecule has 0 saturated carbocycles. The molecule has 144 valence electrons. The number of aryl methyl sites for hydroxylation is 2. The van der Waals surface area contributed by atoms with Gasteiger partial charge in [0, 0.05) is 24.9 Å². The van der Waals surface area contributed by atoms with E-state index in [-0.39, 0.29) is 24.0 Å². The largest absolute Gasteiger partial charge is 0.492 e. The highest BCUT2D eigenvalue weighted by Gasteiger charge is 2.01. The van der Waals surface area contributed by atoms with Crippen molar-refractivity contribution >= 4 is 41.3 Å². The Kier molecular flexibility index (Phi) is 11.3. The van der Waals surface area contributed by atoms with Crippen LogP contribution in [0, 0.1) is 6.92 Å². The summed E-state index contributed by atoms with van der Waals surface area (Å²) in [6.07, 6.45) is 1.87. The Hall–Kier alpha value is -1.35. The van der Waals surface area contributed by atoms with E-state index in [0.29, 0.717) is 13.2 Å². The van der Waals surface area contributed by atoms with Crippen molar-refractivity contribution in [3.63, 3.8) is 0 Å². The zero-order chi connectivity index (χ0) is 17.9. The maximum absolute atomic E-state index is 5.72. The minimum absolute atomic E-state index is 0. The number of benzene rings is 1. The molecule has 1 heterocycles. The van der Waals surface area contributed by atoms with Crippen LogP contribution in [0.1, 0.15) is 30.1 Å². The molecule has 0 radical (unpaired) electrons. The molecule has 0 aliphatic heterocycles. The number of hydrogen-bond acceptors (Lipinski definition) is 4. The van der Waals surface area contributed by atoms with E-state index < -0.39 is 0 Å². The molecule has 0 amide bonds. The van der Waals surface area contributed by atoms with Gasteiger partial charge in [0.1, 0.15) is 12.4 Å². The summed E-state index contributed by atoms with van der Waals surface area (Å²) in [7, 11) is 0. The van der Waals surface area contributed by atoms with Gasteiger partial charge >= 0.3 is 0 Å². The first kappa shape index (κ1) is 22.7. The van der Waals surface area contributed by atoms with Gasteiger partial charge in [0.15, 0.2) is 5.96 Å². The van der Waals surface area contributed by atoms with Gasteiger partial charge in [-0.2, -0.15) is 0 Å². The zero-order valence-corrected chi connectivity index (χ0v) is 18.9. The third kappa shape index (κ3) is 8.35. The minimum atomic E-state index is 0. The number of guanidine groups is 1. The normalized spacial score (nSPS) is 11.0. The van der Waals surface area contributed by atoms with Gasteiger partial charge < -0.3 is 15.4 Å². The highest BCUT2D eigenvalue weighted by molar-refractivity contribution is 14.0. The lowest BCUT2D eigenvalue weighted by Gasteiger charge is -2.12. The first-order valence-electron chi connectivity index (χ1n) is 8.86. The van der Waals surface area contributed by atoms with Crippen LogP contribution < -0.4 is 15.4 Å². The SMILES string of the molecule is CCNC(=NCCc1csc(CC)n1)NCCOc1ccc(C)cc1.I. The van der Waals surface area contributed by atoms with Crippen molar-refractivity contribution in [3.05, 3.63) is 45.9 Å². The number of nitrogens with one attached hydrogen (secondary N) is 2. The van der Waals surface area contributed by atoms with Crippen molar-refractivity contribution in [2.75, 3.05) is 26.2 Å². The lowest BCUT2D eigenvalue weighted by atomic mass is 10.2. The van der Waals surface area contributed by atoms with E-state index in [1.54, 1.807) is 11.3 Å². The van der Waals surface area contributed by atoms with Crippen molar-refractivity contribution in [2.45, 2.75) is 33.6 Å². The first-order valence-corrected chi connectivity index (χ1v) is 9.74. The molecule has 26 heavy (non-hydrogen) atoms. The average Bonchev–Trinajstić information content (AvgIpc) is 3.08. The molecule has 1 aromatic heterocycles. The highest BCUT2D eigenvalue weighted by atomic mass is 127. The topological polar surface area (TPSA) is 58.5 Å². The molecular weight excluding hydrogens is 459 g/mol. The van der Waals surface area contributed by atoms with Gasteiger partial charge in [0.25, 0.3) is 0 Å². The predicted molar refractivity (Wildman–Crippen MR) is 121 cm³/mol. The van der Waals surface area contributed by atoms with Crippen molar-refractivity contribution in [3.8, 4) is 5.75 Å². The van der Waals surface area contributed by atoms with E-state index in [4.69, 9.17) is 4.74 Å². The molecule has 0 aliphatic rings. The molecule has 0 aliphatic carbocycles. The molecule has 7 heteroatoms. The monoisotopic (exact) mass is 488 g/mol. The molecular formula is C19H29IN4OS. The highest BCUT2D eigenvalue weighted by Crippen LogP contribution is 2.11. The number of rotatable bonds is 9. The maximum Gasteiger partial charge on any atom is 0.191 e. The molecule has 0 spiro atoms. The lowest BCUT2D eigenvalue weighted by molar-refractivity contribution is 0.322. The van der Waals surface area contributed by atoms with Crippen LogP contribution in [0.4, 0.5) is 0 Å². The third-order valence-corrected chi connectivity index (χ3v) is 4.61. The van der Waals surface area contributed by atoms with Gasteiger partial charge in [-0.15, -0.1) is 35.3 Å². The van der Waals surface area contributed by atoms with Gasteiger partial charge in [-0.1, -0.05) is 24.6 Å². The standard InChI is InChI=1S/C19H28N4OS.HI/c1-4-18-23-16(14-25-18)10-11-21-19(20-5-2)22-12-13-24-17-8-6-15(3)7-9-17;/h6-9,14H,4-5,10-13H2,1-3H3,(H2,20,21,22);1H. The fourth-order valence-corrected chi connectivity index (χ4v) is 3.00. The summed E-state index contributed by atoms with van der Waals surface area (Å²) in [5.74, 6) is 1.71. The Labute approximate surface area is 177 Å². The van der Waals surface area contributed by atoms with Crippen LogP contribution >= 0.6 is 35.3 Å². The molecule has 2 rings (SSSR count). The zero-order valence-electron chi connectivity index (χ0n) is 15.7. The predicted octanol–water partition coefficient (Wildman–Crippen LogP) is 3.81. The Morgan fingerprint density at radius 1 is 1.19 bits per heavy atom. The van der Waals surface area contributed by atoms with Crippen molar-refractivity contribution in [1.29, 1.82) is 0 Å². The van der Waals surface area contributed by atoms with Gasteiger partial charge in [0.05, 0.1) is 17.2 Å². The van der Waals surface area contributed by atoms with Crippen LogP contribution in [0.15, 0.2) is 34.6 Å². The summed E-state index contributed by atoms with van der Waals surface area (Å²) in [4.78, 5) is 9.18. The molecule has 2 aromatic rings. The smallest absolute Gasteiger partial charge is 0.191 e. The fourth-order valence-electron chi connectivity index (χ4n) is 2.22. The summed E-state index contributed by atoms with van der Waals surface area (Å²) in [5.41, 5.74) is 2.36. The van der Waals surface area contributed by atoms with Crippen LogP contribution in [-0.2, 0) is 12.8 Å². The minimum Gasteiger partial charge on any atom is -0.492 e. The second-order valence-electron chi connectivity index (χ2n) is 5.69. The van der Waals surface area contributed by atoms with E-state index in [0.717, 1.165) is 43.3 Å². The van der Waals surface area contributed by atoms with Gasteiger partial charge in [-0.05, 0) is 32.4 Å². The average molecular weight is 488 g/mol. The van der Waals surface area contributed by atoms with E-state index in [2.05, 4.69) is 58.9 Å². The second-order valence-corrected chi connectivity index (χ2v) is 6.63. The van der Waals surface area contributed by atoms with Crippen LogP contribution in [-0.4, -0.2) is 37.2 Å². The first-order chi connectivity index (χ1) is 12.2. The Morgan fingerprint density at radius 2 is 1.96 bits per heavy atom. The molecule has 0 atom stereocenters. The molecule has 5 nitrogen and oxygen atoms in total. The van der Waals surface area contributed by atoms with Crippen LogP contribution in [0.5, 0.6) is 5.75 Å². The maximum atomic E-state index is 5.72. The van der Waals surface area contributed by atoms with Crippen LogP contribution in [0.3, 0.4) is 0 Å². The number of hydrogen-bond donors (Lipinski definition) is 2. The quantitative estimate of drug-likeness (QED) is 0.244. The van der Waals surface area contributed by atoms with Gasteiger partial charge in [-0.3, -0.25) is 4.99 Å². The lowest BCUT2D eigenvalue weighted by Crippen LogP contribution is -2.39. The Morgan fingerprint density at radius 3 is 2.62 bits per heavy atom. The molecule has 0 unspecified atom stereocenters. The summed E-state index contributed by atoms with van der Waals surface area (Å²) in [6.45, 7) is 9.12. The van der Waals surface area contributed by atoms with Crippen molar-refractivity contribution in [1.82, 2.24) is 15.6 Å². The van der Waals surface area contributed by atoms with E-state index in [1.807, 2.05) is 12.1 Å². The number of aliphatic imine (C=N–C) groups is 1. The number of aromatic nitrogens is 1. The van der Waals surface area contributed by atoms with Gasteiger partial charge in [0.2, 0.25) is 0 Å². The summed E-state index contributed by atoms with van der Waals surface area (Å²) < 4.78 is 5.72. The number of nitrogens with zero attached hydrogens (tertiary/aromatic N) is 2. The second kappa shape index (κ2) is 12.9. The molecule has 0 bridgehead atoms. The van der Waals surface area contributed by atoms with E-state index >= 15 is 0 Å². The summed E-state index contributed by atoms with van der Waals surface area (Å²) >= 11 is 1.73. The fraction of sp³-hybridized carbons (Fsp3) is 0.474. The number of halogens is 1. The Bertz CT molecular complexity index is 658. The third-order valence-electron chi connectivity index (χ3n) is 3.57. The number of thiazole rings is 1. The Balaban J connectivity index is 0.00000338. The molecule has 2 N–H and O–H groups in total. The summed E-state index contributed by atoms with van der Waals surface area (Å²) in [5, 5.41) is 9.88. The molecule has 0 fully saturated rings. The van der Waals surface area contributed by atoms with Crippen LogP contribution in [0.25, 0.3) is 0 Å². The van der Waals surface area contributed by atoms with Crippen molar-refractivity contribution in [2.24, 2.45) is 4.99 Å². The molecule has 1 aromatic carbocycles. The molecule has 0 saturated heterocycles.